The molecule has 4 nitrogen and oxygen atoms in total. The van der Waals surface area contributed by atoms with Gasteiger partial charge in [-0.05, 0) is 196 Å². The molecule has 0 amide bonds. The van der Waals surface area contributed by atoms with Gasteiger partial charge in [0, 0.05) is 50.8 Å². The lowest BCUT2D eigenvalue weighted by Gasteiger charge is -2.44. The molecule has 16 aromatic rings. The molecule has 0 spiro atoms. The molecule has 0 N–H and O–H groups in total. The lowest BCUT2D eigenvalue weighted by molar-refractivity contribution is 1.18. The normalized spacial score (nSPS) is 12.1. The first-order chi connectivity index (χ1) is 47.0. The fourth-order valence-corrected chi connectivity index (χ4v) is 14.5. The van der Waals surface area contributed by atoms with E-state index in [-0.39, 0.29) is 6.71 Å². The van der Waals surface area contributed by atoms with E-state index in [1.165, 1.54) is 49.1 Å². The van der Waals surface area contributed by atoms with Crippen molar-refractivity contribution in [2.75, 3.05) is 9.80 Å². The Kier molecular flexibility index (Phi) is 13.6. The predicted octanol–water partition coefficient (Wildman–Crippen LogP) is 21.9. The van der Waals surface area contributed by atoms with Crippen molar-refractivity contribution in [3.8, 4) is 101 Å². The number of aromatic nitrogens is 2. The Labute approximate surface area is 553 Å². The zero-order valence-corrected chi connectivity index (χ0v) is 51.9. The van der Waals surface area contributed by atoms with Crippen LogP contribution < -0.4 is 26.2 Å². The topological polar surface area (TPSA) is 32.3 Å². The molecule has 15 aromatic carbocycles. The summed E-state index contributed by atoms with van der Waals surface area (Å²) in [6, 6.07) is 131. The maximum absolute atomic E-state index is 5.90. The second-order valence-corrected chi connectivity index (χ2v) is 24.9. The van der Waals surface area contributed by atoms with E-state index >= 15 is 0 Å². The number of hydrogen-bond acceptors (Lipinski definition) is 4. The molecule has 5 heteroatoms. The van der Waals surface area contributed by atoms with Gasteiger partial charge in [0.2, 0.25) is 0 Å². The highest BCUT2D eigenvalue weighted by Crippen LogP contribution is 2.49. The molecule has 0 radical (unpaired) electrons. The minimum absolute atomic E-state index is 0.154. The van der Waals surface area contributed by atoms with Gasteiger partial charge in [-0.2, -0.15) is 0 Å². The van der Waals surface area contributed by atoms with E-state index in [9.17, 15) is 0 Å². The monoisotopic (exact) mass is 1210 g/mol. The highest BCUT2D eigenvalue weighted by atomic mass is 15.2. The smallest absolute Gasteiger partial charge is 0.252 e. The Hall–Kier alpha value is -12.4. The number of anilines is 6. The van der Waals surface area contributed by atoms with Crippen LogP contribution in [0.3, 0.4) is 0 Å². The summed E-state index contributed by atoms with van der Waals surface area (Å²) >= 11 is 0. The third kappa shape index (κ3) is 10.1. The summed E-state index contributed by atoms with van der Waals surface area (Å²) in [5.41, 5.74) is 28.3. The van der Waals surface area contributed by atoms with Gasteiger partial charge in [-0.15, -0.1) is 0 Å². The highest BCUT2D eigenvalue weighted by Gasteiger charge is 2.44. The van der Waals surface area contributed by atoms with Crippen molar-refractivity contribution in [3.05, 3.63) is 358 Å². The van der Waals surface area contributed by atoms with Gasteiger partial charge in [0.25, 0.3) is 6.71 Å². The fraction of sp³-hybridized carbons (Fsp3) is 0. The summed E-state index contributed by atoms with van der Waals surface area (Å²) in [6.07, 6.45) is 0. The molecular weight excluding hydrogens is 1150 g/mol. The summed E-state index contributed by atoms with van der Waals surface area (Å²) in [5, 5.41) is 4.76. The van der Waals surface area contributed by atoms with Crippen LogP contribution in [-0.2, 0) is 0 Å². The molecule has 95 heavy (non-hydrogen) atoms. The summed E-state index contributed by atoms with van der Waals surface area (Å²) in [5.74, 6) is 0.624. The van der Waals surface area contributed by atoms with Crippen LogP contribution in [0.2, 0.25) is 0 Å². The molecular formula is C90H59BN4. The Bertz CT molecular complexity index is 5120. The fourth-order valence-electron chi connectivity index (χ4n) is 14.5. The van der Waals surface area contributed by atoms with E-state index < -0.39 is 0 Å². The van der Waals surface area contributed by atoms with Crippen molar-refractivity contribution in [1.29, 1.82) is 0 Å². The van der Waals surface area contributed by atoms with E-state index in [0.717, 1.165) is 118 Å². The molecule has 442 valence electrons. The van der Waals surface area contributed by atoms with Crippen molar-refractivity contribution in [2.45, 2.75) is 0 Å². The van der Waals surface area contributed by atoms with Crippen LogP contribution >= 0.6 is 0 Å². The Morgan fingerprint density at radius 3 is 0.821 bits per heavy atom. The van der Waals surface area contributed by atoms with E-state index in [0.29, 0.717) is 5.82 Å². The zero-order valence-electron chi connectivity index (χ0n) is 51.9. The van der Waals surface area contributed by atoms with Crippen LogP contribution in [0.25, 0.3) is 122 Å². The molecule has 18 rings (SSSR count). The average molecular weight is 1210 g/mol. The molecule has 0 saturated carbocycles. The van der Waals surface area contributed by atoms with Crippen LogP contribution in [0.15, 0.2) is 358 Å². The predicted molar refractivity (Wildman–Crippen MR) is 400 cm³/mol. The number of benzene rings is 15. The first kappa shape index (κ1) is 55.4. The second-order valence-electron chi connectivity index (χ2n) is 24.9. The van der Waals surface area contributed by atoms with Gasteiger partial charge in [0.05, 0.1) is 11.4 Å². The summed E-state index contributed by atoms with van der Waals surface area (Å²) in [6.45, 7) is -0.154. The Balaban J connectivity index is 0.945. The molecule has 0 fully saturated rings. The lowest BCUT2D eigenvalue weighted by atomic mass is 9.33. The van der Waals surface area contributed by atoms with Crippen molar-refractivity contribution in [3.63, 3.8) is 0 Å². The molecule has 3 heterocycles. The van der Waals surface area contributed by atoms with Gasteiger partial charge in [-0.3, -0.25) is 0 Å². The van der Waals surface area contributed by atoms with Crippen LogP contribution in [0.4, 0.5) is 34.1 Å². The molecule has 2 aliphatic rings. The first-order valence-electron chi connectivity index (χ1n) is 32.6. The summed E-state index contributed by atoms with van der Waals surface area (Å²) in [7, 11) is 0. The van der Waals surface area contributed by atoms with Gasteiger partial charge in [-0.1, -0.05) is 267 Å². The number of nitrogens with zero attached hydrogens (tertiary/aromatic N) is 4. The van der Waals surface area contributed by atoms with Crippen LogP contribution in [0, 0.1) is 0 Å². The van der Waals surface area contributed by atoms with E-state index in [4.69, 9.17) is 9.97 Å². The molecule has 2 aliphatic heterocycles. The van der Waals surface area contributed by atoms with Gasteiger partial charge in [-0.25, -0.2) is 9.97 Å². The van der Waals surface area contributed by atoms with Gasteiger partial charge in [0.15, 0.2) is 5.82 Å². The van der Waals surface area contributed by atoms with E-state index in [1.54, 1.807) is 0 Å². The molecule has 0 unspecified atom stereocenters. The third-order valence-electron chi connectivity index (χ3n) is 19.1. The molecule has 0 saturated heterocycles. The van der Waals surface area contributed by atoms with Gasteiger partial charge in [0.1, 0.15) is 0 Å². The van der Waals surface area contributed by atoms with Gasteiger partial charge >= 0.3 is 0 Å². The Morgan fingerprint density at radius 2 is 0.474 bits per heavy atom. The minimum Gasteiger partial charge on any atom is -0.311 e. The van der Waals surface area contributed by atoms with Gasteiger partial charge < -0.3 is 9.80 Å². The average Bonchev–Trinajstić information content (AvgIpc) is 0.693. The molecule has 0 bridgehead atoms. The second kappa shape index (κ2) is 23.4. The maximum Gasteiger partial charge on any atom is 0.252 e. The lowest BCUT2D eigenvalue weighted by Crippen LogP contribution is -2.61. The van der Waals surface area contributed by atoms with Crippen molar-refractivity contribution in [1.82, 2.24) is 9.97 Å². The van der Waals surface area contributed by atoms with Crippen LogP contribution in [0.1, 0.15) is 0 Å². The Morgan fingerprint density at radius 1 is 0.200 bits per heavy atom. The van der Waals surface area contributed by atoms with Crippen LogP contribution in [-0.4, -0.2) is 16.7 Å². The van der Waals surface area contributed by atoms with E-state index in [1.807, 2.05) is 0 Å². The number of rotatable bonds is 11. The maximum atomic E-state index is 5.90. The molecule has 0 aliphatic carbocycles. The van der Waals surface area contributed by atoms with Crippen molar-refractivity contribution in [2.24, 2.45) is 0 Å². The number of fused-ring (bicyclic) bond motifs is 6. The summed E-state index contributed by atoms with van der Waals surface area (Å²) in [4.78, 5) is 16.7. The standard InChI is InChI=1S/C90H59BN4/c1-7-23-60(24-8-1)66-39-43-79(44-40-66)94-85-55-70-37-21-19-35-68(70)53-81(85)91-82-54-69-36-20-22-38-71(69)56-86(82)95(80-45-41-67(42-46-80)61-25-9-2-10-26-61)88-58-77(57-87(94)89(88)91)84-59-83(76-49-72(62-27-11-3-12-28-62)47-73(50-76)63-29-13-4-14-30-63)92-90(93-84)78-51-74(64-31-15-5-16-32-64)48-75(52-78)65-33-17-6-18-34-65/h1-59H. The third-order valence-corrected chi connectivity index (χ3v) is 19.1. The van der Waals surface area contributed by atoms with Crippen molar-refractivity contribution < 1.29 is 0 Å². The largest absolute Gasteiger partial charge is 0.311 e. The first-order valence-corrected chi connectivity index (χ1v) is 32.6. The minimum atomic E-state index is -0.154. The zero-order chi connectivity index (χ0) is 62.8. The molecule has 0 atom stereocenters. The summed E-state index contributed by atoms with van der Waals surface area (Å²) < 4.78 is 0. The van der Waals surface area contributed by atoms with E-state index in [2.05, 4.69) is 368 Å². The molecule has 1 aromatic heterocycles. The highest BCUT2D eigenvalue weighted by molar-refractivity contribution is 7.00. The quantitative estimate of drug-likeness (QED) is 0.121. The van der Waals surface area contributed by atoms with Crippen molar-refractivity contribution >= 4 is 78.8 Å². The van der Waals surface area contributed by atoms with Crippen LogP contribution in [0.5, 0.6) is 0 Å². The SMILES string of the molecule is c1ccc(-c2ccc(N3c4cc5ccccc5cc4B4c5cc6ccccc6cc5N(c5ccc(-c6ccccc6)cc5)c5cc(-c6cc(-c7cc(-c8ccccc8)cc(-c8ccccc8)c7)nc(-c7cc(-c8ccccc8)cc(-c8ccccc8)c7)n6)cc3c54)cc2)cc1. The number of hydrogen-bond donors (Lipinski definition) is 0.